The second-order valence-electron chi connectivity index (χ2n) is 6.45. The van der Waals surface area contributed by atoms with Gasteiger partial charge in [-0.1, -0.05) is 37.5 Å². The summed E-state index contributed by atoms with van der Waals surface area (Å²) in [5, 5.41) is 9.37. The van der Waals surface area contributed by atoms with Crippen molar-refractivity contribution in [2.75, 3.05) is 10.6 Å². The lowest BCUT2D eigenvalue weighted by Gasteiger charge is -2.22. The Morgan fingerprint density at radius 2 is 1.58 bits per heavy atom. The molecule has 1 fully saturated rings. The summed E-state index contributed by atoms with van der Waals surface area (Å²) in [7, 11) is 0. The van der Waals surface area contributed by atoms with Gasteiger partial charge in [0.05, 0.1) is 0 Å². The number of anilines is 3. The van der Waals surface area contributed by atoms with Gasteiger partial charge < -0.3 is 16.0 Å². The van der Waals surface area contributed by atoms with E-state index >= 15 is 0 Å². The van der Waals surface area contributed by atoms with E-state index in [0.717, 1.165) is 29.9 Å². The second-order valence-corrected chi connectivity index (χ2v) is 6.45. The molecule has 1 saturated carbocycles. The summed E-state index contributed by atoms with van der Waals surface area (Å²) in [6, 6.07) is 16.2. The van der Waals surface area contributed by atoms with Crippen molar-refractivity contribution in [3.63, 3.8) is 0 Å². The minimum absolute atomic E-state index is 0.110. The van der Waals surface area contributed by atoms with E-state index in [-0.39, 0.29) is 6.03 Å². The van der Waals surface area contributed by atoms with Crippen molar-refractivity contribution in [3.05, 3.63) is 54.1 Å². The first-order chi connectivity index (χ1) is 11.7. The lowest BCUT2D eigenvalue weighted by atomic mass is 9.96. The van der Waals surface area contributed by atoms with Crippen LogP contribution >= 0.6 is 0 Å². The maximum Gasteiger partial charge on any atom is 0.319 e. The van der Waals surface area contributed by atoms with Crippen LogP contribution in [0.1, 0.15) is 37.7 Å². The van der Waals surface area contributed by atoms with E-state index in [1.54, 1.807) is 0 Å². The second kappa shape index (κ2) is 7.86. The largest absolute Gasteiger partial charge is 0.355 e. The number of urea groups is 1. The molecular formula is C20H25N3O. The first-order valence-corrected chi connectivity index (χ1v) is 8.71. The third kappa shape index (κ3) is 4.51. The smallest absolute Gasteiger partial charge is 0.319 e. The Labute approximate surface area is 143 Å². The van der Waals surface area contributed by atoms with Crippen molar-refractivity contribution in [1.82, 2.24) is 5.32 Å². The number of rotatable bonds is 4. The Bertz CT molecular complexity index is 676. The van der Waals surface area contributed by atoms with Crippen molar-refractivity contribution in [1.29, 1.82) is 0 Å². The number of hydrogen-bond donors (Lipinski definition) is 3. The Balaban J connectivity index is 1.54. The quantitative estimate of drug-likeness (QED) is 0.725. The Kier molecular flexibility index (Phi) is 5.36. The predicted octanol–water partition coefficient (Wildman–Crippen LogP) is 5.19. The van der Waals surface area contributed by atoms with Gasteiger partial charge in [0.1, 0.15) is 0 Å². The lowest BCUT2D eigenvalue weighted by Crippen LogP contribution is -2.38. The predicted molar refractivity (Wildman–Crippen MR) is 99.9 cm³/mol. The fraction of sp³-hybridized carbons (Fsp3) is 0.350. The van der Waals surface area contributed by atoms with Crippen molar-refractivity contribution in [2.24, 2.45) is 0 Å². The molecule has 0 radical (unpaired) electrons. The molecule has 0 atom stereocenters. The summed E-state index contributed by atoms with van der Waals surface area (Å²) in [4.78, 5) is 12.1. The van der Waals surface area contributed by atoms with Gasteiger partial charge in [-0.15, -0.1) is 0 Å². The van der Waals surface area contributed by atoms with E-state index in [4.69, 9.17) is 0 Å². The topological polar surface area (TPSA) is 53.2 Å². The molecule has 0 aliphatic heterocycles. The van der Waals surface area contributed by atoms with Crippen molar-refractivity contribution in [2.45, 2.75) is 45.1 Å². The van der Waals surface area contributed by atoms with Gasteiger partial charge in [0.15, 0.2) is 0 Å². The molecule has 0 aromatic heterocycles. The summed E-state index contributed by atoms with van der Waals surface area (Å²) in [6.07, 6.45) is 5.89. The first kappa shape index (κ1) is 16.4. The standard InChI is InChI=1S/C20H25N3O/c1-15-7-5-6-10-19(15)21-17-11-13-18(14-12-17)23-20(24)22-16-8-3-2-4-9-16/h5-7,10-14,16,21H,2-4,8-9H2,1H3,(H2,22,23,24). The van der Waals surface area contributed by atoms with Crippen molar-refractivity contribution >= 4 is 23.1 Å². The third-order valence-electron chi connectivity index (χ3n) is 4.51. The fourth-order valence-corrected chi connectivity index (χ4v) is 3.11. The number of amides is 2. The Morgan fingerprint density at radius 1 is 0.917 bits per heavy atom. The summed E-state index contributed by atoms with van der Waals surface area (Å²) in [5.74, 6) is 0. The molecule has 0 bridgehead atoms. The molecule has 2 amide bonds. The van der Waals surface area contributed by atoms with Crippen LogP contribution in [0, 0.1) is 6.92 Å². The zero-order chi connectivity index (χ0) is 16.8. The zero-order valence-electron chi connectivity index (χ0n) is 14.1. The summed E-state index contributed by atoms with van der Waals surface area (Å²) in [6.45, 7) is 2.08. The molecule has 4 nitrogen and oxygen atoms in total. The van der Waals surface area contributed by atoms with Crippen LogP contribution in [0.4, 0.5) is 21.9 Å². The monoisotopic (exact) mass is 323 g/mol. The number of carbonyl (C=O) groups is 1. The van der Waals surface area contributed by atoms with E-state index in [1.807, 2.05) is 36.4 Å². The highest BCUT2D eigenvalue weighted by molar-refractivity contribution is 5.89. The van der Waals surface area contributed by atoms with E-state index in [2.05, 4.69) is 35.0 Å². The van der Waals surface area contributed by atoms with Gasteiger partial charge in [-0.2, -0.15) is 0 Å². The molecule has 0 heterocycles. The molecule has 0 saturated heterocycles. The van der Waals surface area contributed by atoms with E-state index < -0.39 is 0 Å². The number of hydrogen-bond acceptors (Lipinski definition) is 2. The highest BCUT2D eigenvalue weighted by Gasteiger charge is 2.15. The summed E-state index contributed by atoms with van der Waals surface area (Å²) >= 11 is 0. The molecule has 126 valence electrons. The number of nitrogens with one attached hydrogen (secondary N) is 3. The maximum atomic E-state index is 12.1. The number of aryl methyl sites for hydroxylation is 1. The lowest BCUT2D eigenvalue weighted by molar-refractivity contribution is 0.244. The summed E-state index contributed by atoms with van der Waals surface area (Å²) < 4.78 is 0. The van der Waals surface area contributed by atoms with Crippen molar-refractivity contribution in [3.8, 4) is 0 Å². The van der Waals surface area contributed by atoms with Gasteiger partial charge in [-0.3, -0.25) is 0 Å². The zero-order valence-corrected chi connectivity index (χ0v) is 14.1. The SMILES string of the molecule is Cc1ccccc1Nc1ccc(NC(=O)NC2CCCCC2)cc1. The average Bonchev–Trinajstić information content (AvgIpc) is 2.59. The van der Waals surface area contributed by atoms with Crippen LogP contribution < -0.4 is 16.0 Å². The molecule has 2 aromatic rings. The van der Waals surface area contributed by atoms with E-state index in [9.17, 15) is 4.79 Å². The number of benzene rings is 2. The number of para-hydroxylation sites is 1. The molecule has 0 spiro atoms. The van der Waals surface area contributed by atoms with Crippen LogP contribution in [0.15, 0.2) is 48.5 Å². The van der Waals surface area contributed by atoms with Gasteiger partial charge in [-0.05, 0) is 55.7 Å². The Hall–Kier alpha value is -2.49. The number of carbonyl (C=O) groups excluding carboxylic acids is 1. The summed E-state index contributed by atoms with van der Waals surface area (Å²) in [5.41, 5.74) is 4.10. The van der Waals surface area contributed by atoms with Gasteiger partial charge in [0.2, 0.25) is 0 Å². The highest BCUT2D eigenvalue weighted by atomic mass is 16.2. The van der Waals surface area contributed by atoms with Gasteiger partial charge >= 0.3 is 6.03 Å². The molecular weight excluding hydrogens is 298 g/mol. The van der Waals surface area contributed by atoms with Gasteiger partial charge in [0, 0.05) is 23.1 Å². The molecule has 0 unspecified atom stereocenters. The van der Waals surface area contributed by atoms with Crippen LogP contribution in [-0.4, -0.2) is 12.1 Å². The van der Waals surface area contributed by atoms with Crippen molar-refractivity contribution < 1.29 is 4.79 Å². The molecule has 24 heavy (non-hydrogen) atoms. The highest BCUT2D eigenvalue weighted by Crippen LogP contribution is 2.22. The molecule has 1 aliphatic rings. The van der Waals surface area contributed by atoms with Gasteiger partial charge in [-0.25, -0.2) is 4.79 Å². The van der Waals surface area contributed by atoms with E-state index in [1.165, 1.54) is 24.8 Å². The van der Waals surface area contributed by atoms with Gasteiger partial charge in [0.25, 0.3) is 0 Å². The van der Waals surface area contributed by atoms with Crippen LogP contribution in [-0.2, 0) is 0 Å². The maximum absolute atomic E-state index is 12.1. The minimum atomic E-state index is -0.110. The molecule has 4 heteroatoms. The Morgan fingerprint density at radius 3 is 2.29 bits per heavy atom. The van der Waals surface area contributed by atoms with Crippen LogP contribution in [0.3, 0.4) is 0 Å². The molecule has 1 aliphatic carbocycles. The van der Waals surface area contributed by atoms with Crippen LogP contribution in [0.25, 0.3) is 0 Å². The third-order valence-corrected chi connectivity index (χ3v) is 4.51. The average molecular weight is 323 g/mol. The van der Waals surface area contributed by atoms with E-state index in [0.29, 0.717) is 6.04 Å². The molecule has 3 rings (SSSR count). The molecule has 2 aromatic carbocycles. The minimum Gasteiger partial charge on any atom is -0.355 e. The fourth-order valence-electron chi connectivity index (χ4n) is 3.11. The normalized spacial score (nSPS) is 14.9. The van der Waals surface area contributed by atoms with Crippen LogP contribution in [0.2, 0.25) is 0 Å². The van der Waals surface area contributed by atoms with Crippen LogP contribution in [0.5, 0.6) is 0 Å². The first-order valence-electron chi connectivity index (χ1n) is 8.71. The molecule has 3 N–H and O–H groups in total.